The van der Waals surface area contributed by atoms with Gasteiger partial charge in [0.15, 0.2) is 0 Å². The number of nitrogens with zero attached hydrogens (tertiary/aromatic N) is 2. The zero-order valence-corrected chi connectivity index (χ0v) is 26.2. The third kappa shape index (κ3) is 4.76. The molecule has 224 valence electrons. The molecule has 47 heavy (non-hydrogen) atoms. The van der Waals surface area contributed by atoms with E-state index in [2.05, 4.69) is 162 Å². The number of benzene rings is 6. The standard InChI is InChI=1S/C45H34N2/c1-4-14-32(15-5-1)43-37-20-10-11-21-38(37)44(33-16-6-2-7-17-33)40-30-35(28-29-39(40)43)31-24-26-34(27-25-31)45-46-41-22-12-13-23-42(41)47(45)36-18-8-3-9-19-36/h1-9,13-21,23-30H,10-12,22H2. The van der Waals surface area contributed by atoms with Crippen molar-refractivity contribution in [2.24, 2.45) is 0 Å². The van der Waals surface area contributed by atoms with Gasteiger partial charge in [-0.2, -0.15) is 0 Å². The second-order valence-corrected chi connectivity index (χ2v) is 12.5. The van der Waals surface area contributed by atoms with Crippen LogP contribution in [0.15, 0.2) is 140 Å². The molecule has 1 heterocycles. The summed E-state index contributed by atoms with van der Waals surface area (Å²) in [6.45, 7) is 0. The van der Waals surface area contributed by atoms with Crippen molar-refractivity contribution in [2.45, 2.75) is 25.7 Å². The molecule has 2 heteroatoms. The smallest absolute Gasteiger partial charge is 0.145 e. The van der Waals surface area contributed by atoms with Crippen molar-refractivity contribution >= 4 is 29.0 Å². The molecule has 0 bridgehead atoms. The highest BCUT2D eigenvalue weighted by molar-refractivity contribution is 6.07. The molecule has 0 saturated carbocycles. The van der Waals surface area contributed by atoms with Gasteiger partial charge < -0.3 is 0 Å². The first-order valence-electron chi connectivity index (χ1n) is 16.7. The topological polar surface area (TPSA) is 17.8 Å². The second kappa shape index (κ2) is 11.6. The van der Waals surface area contributed by atoms with Crippen molar-refractivity contribution in [3.8, 4) is 50.5 Å². The predicted octanol–water partition coefficient (Wildman–Crippen LogP) is 10.0. The van der Waals surface area contributed by atoms with E-state index in [1.165, 1.54) is 66.0 Å². The Labute approximate surface area is 275 Å². The molecule has 0 fully saturated rings. The van der Waals surface area contributed by atoms with Crippen molar-refractivity contribution in [1.29, 1.82) is 0 Å². The number of fused-ring (bicyclic) bond motifs is 3. The van der Waals surface area contributed by atoms with Gasteiger partial charge in [-0.15, -0.1) is 0 Å². The van der Waals surface area contributed by atoms with Crippen molar-refractivity contribution in [1.82, 2.24) is 9.55 Å². The molecular weight excluding hydrogens is 569 g/mol. The number of hydrogen-bond acceptors (Lipinski definition) is 1. The van der Waals surface area contributed by atoms with Crippen LogP contribution in [0.25, 0.3) is 79.5 Å². The first-order valence-corrected chi connectivity index (χ1v) is 16.7. The number of aromatic nitrogens is 2. The summed E-state index contributed by atoms with van der Waals surface area (Å²) in [6, 6.07) is 48.5. The maximum absolute atomic E-state index is 5.17. The second-order valence-electron chi connectivity index (χ2n) is 12.5. The van der Waals surface area contributed by atoms with E-state index in [-0.39, 0.29) is 0 Å². The van der Waals surface area contributed by atoms with Gasteiger partial charge in [-0.3, -0.25) is 4.57 Å². The maximum atomic E-state index is 5.17. The van der Waals surface area contributed by atoms with Gasteiger partial charge in [-0.25, -0.2) is 4.98 Å². The zero-order valence-electron chi connectivity index (χ0n) is 26.2. The summed E-state index contributed by atoms with van der Waals surface area (Å²) in [6.07, 6.45) is 13.5. The van der Waals surface area contributed by atoms with Crippen molar-refractivity contribution in [3.63, 3.8) is 0 Å². The lowest BCUT2D eigenvalue weighted by atomic mass is 9.85. The Morgan fingerprint density at radius 3 is 1.72 bits per heavy atom. The Morgan fingerprint density at radius 1 is 0.489 bits per heavy atom. The van der Waals surface area contributed by atoms with Crippen LogP contribution in [0, 0.1) is 0 Å². The van der Waals surface area contributed by atoms with E-state index in [9.17, 15) is 0 Å². The van der Waals surface area contributed by atoms with E-state index in [4.69, 9.17) is 4.98 Å². The first kappa shape index (κ1) is 27.6. The number of imidazole rings is 1. The number of aryl methyl sites for hydroxylation is 1. The van der Waals surface area contributed by atoms with Crippen LogP contribution in [0.3, 0.4) is 0 Å². The fourth-order valence-corrected chi connectivity index (χ4v) is 7.51. The molecule has 2 aliphatic carbocycles. The number of hydrogen-bond donors (Lipinski definition) is 0. The molecule has 6 aromatic carbocycles. The highest BCUT2D eigenvalue weighted by Crippen LogP contribution is 2.36. The quantitative estimate of drug-likeness (QED) is 0.192. The molecule has 0 amide bonds. The summed E-state index contributed by atoms with van der Waals surface area (Å²) in [5.41, 5.74) is 12.2. The molecule has 0 aliphatic heterocycles. The van der Waals surface area contributed by atoms with Gasteiger partial charge in [0, 0.05) is 11.3 Å². The fourth-order valence-electron chi connectivity index (χ4n) is 7.51. The predicted molar refractivity (Wildman–Crippen MR) is 198 cm³/mol. The van der Waals surface area contributed by atoms with Crippen LogP contribution in [-0.4, -0.2) is 9.55 Å². The van der Waals surface area contributed by atoms with E-state index in [0.29, 0.717) is 0 Å². The van der Waals surface area contributed by atoms with Gasteiger partial charge in [-0.1, -0.05) is 133 Å². The van der Waals surface area contributed by atoms with E-state index in [1.807, 2.05) is 0 Å². The van der Waals surface area contributed by atoms with Crippen LogP contribution < -0.4 is 10.4 Å². The fraction of sp³-hybridized carbons (Fsp3) is 0.0889. The van der Waals surface area contributed by atoms with Gasteiger partial charge >= 0.3 is 0 Å². The summed E-state index contributed by atoms with van der Waals surface area (Å²) in [7, 11) is 0. The maximum Gasteiger partial charge on any atom is 0.145 e. The molecule has 1 aromatic heterocycles. The monoisotopic (exact) mass is 602 g/mol. The average molecular weight is 603 g/mol. The van der Waals surface area contributed by atoms with E-state index in [1.54, 1.807) is 0 Å². The lowest BCUT2D eigenvalue weighted by molar-refractivity contribution is 0.936. The summed E-state index contributed by atoms with van der Waals surface area (Å²) < 4.78 is 2.31. The molecule has 9 rings (SSSR count). The number of allylic oxidation sites excluding steroid dienone is 1. The summed E-state index contributed by atoms with van der Waals surface area (Å²) in [4.78, 5) is 5.17. The minimum Gasteiger partial charge on any atom is -0.293 e. The average Bonchev–Trinajstić information content (AvgIpc) is 3.54. The molecule has 0 saturated heterocycles. The van der Waals surface area contributed by atoms with Crippen LogP contribution in [0.4, 0.5) is 0 Å². The van der Waals surface area contributed by atoms with Crippen molar-refractivity contribution < 1.29 is 0 Å². The summed E-state index contributed by atoms with van der Waals surface area (Å²) >= 11 is 0. The molecule has 0 unspecified atom stereocenters. The highest BCUT2D eigenvalue weighted by atomic mass is 15.1. The van der Waals surface area contributed by atoms with Crippen LogP contribution in [0.1, 0.15) is 30.7 Å². The Kier molecular flexibility index (Phi) is 6.79. The Balaban J connectivity index is 1.22. The molecule has 0 spiro atoms. The Hall–Kier alpha value is -5.73. The van der Waals surface area contributed by atoms with Gasteiger partial charge in [0.2, 0.25) is 0 Å². The van der Waals surface area contributed by atoms with Gasteiger partial charge in [0.1, 0.15) is 5.82 Å². The molecule has 2 nitrogen and oxygen atoms in total. The van der Waals surface area contributed by atoms with E-state index in [0.717, 1.165) is 42.8 Å². The van der Waals surface area contributed by atoms with Crippen LogP contribution in [0.2, 0.25) is 0 Å². The number of rotatable bonds is 5. The zero-order chi connectivity index (χ0) is 31.2. The first-order chi connectivity index (χ1) is 23.3. The molecular formula is C45H34N2. The molecule has 0 N–H and O–H groups in total. The lowest BCUT2D eigenvalue weighted by Crippen LogP contribution is -2.31. The van der Waals surface area contributed by atoms with Crippen LogP contribution >= 0.6 is 0 Å². The lowest BCUT2D eigenvalue weighted by Gasteiger charge is -2.18. The minimum absolute atomic E-state index is 0.974. The SMILES string of the molecule is C1=Cc2c(nc(-c3ccc(-c4ccc5c(-c6ccccc6)c6c(c(-c7ccccc7)c5c4)=CCCC=6)cc3)n2-c2ccccc2)CC1. The van der Waals surface area contributed by atoms with Gasteiger partial charge in [0.25, 0.3) is 0 Å². The molecule has 0 radical (unpaired) electrons. The highest BCUT2D eigenvalue weighted by Gasteiger charge is 2.20. The minimum atomic E-state index is 0.974. The van der Waals surface area contributed by atoms with Crippen LogP contribution in [-0.2, 0) is 6.42 Å². The van der Waals surface area contributed by atoms with Crippen LogP contribution in [0.5, 0.6) is 0 Å². The molecule has 0 atom stereocenters. The molecule has 7 aromatic rings. The summed E-state index contributed by atoms with van der Waals surface area (Å²) in [5, 5.41) is 5.30. The third-order valence-electron chi connectivity index (χ3n) is 9.68. The van der Waals surface area contributed by atoms with Gasteiger partial charge in [0.05, 0.1) is 11.4 Å². The Bertz CT molecular complexity index is 2420. The largest absolute Gasteiger partial charge is 0.293 e. The number of para-hydroxylation sites is 1. The van der Waals surface area contributed by atoms with E-state index < -0.39 is 0 Å². The third-order valence-corrected chi connectivity index (χ3v) is 9.68. The van der Waals surface area contributed by atoms with Gasteiger partial charge in [-0.05, 0) is 105 Å². The van der Waals surface area contributed by atoms with Crippen molar-refractivity contribution in [3.05, 3.63) is 161 Å². The summed E-state index contributed by atoms with van der Waals surface area (Å²) in [5.74, 6) is 0.995. The normalized spacial score (nSPS) is 13.4. The molecule has 2 aliphatic rings. The van der Waals surface area contributed by atoms with E-state index >= 15 is 0 Å². The Morgan fingerprint density at radius 2 is 1.06 bits per heavy atom. The van der Waals surface area contributed by atoms with Crippen molar-refractivity contribution in [2.75, 3.05) is 0 Å².